The van der Waals surface area contributed by atoms with Crippen molar-refractivity contribution < 1.29 is 9.53 Å². The van der Waals surface area contributed by atoms with E-state index in [0.29, 0.717) is 0 Å². The third kappa shape index (κ3) is 2.88. The standard InChI is InChI=1S/C18H15IO2/c1-21-17-7-3-6-16-15(17)9-8-13(18(16)20)10-12-4-2-5-14(19)11-12/h2-7,10-11H,8-9H2,1H3/b13-10+. The summed E-state index contributed by atoms with van der Waals surface area (Å²) in [5.74, 6) is 0.933. The van der Waals surface area contributed by atoms with Crippen LogP contribution in [0.1, 0.15) is 27.9 Å². The van der Waals surface area contributed by atoms with Crippen molar-refractivity contribution in [2.45, 2.75) is 12.8 Å². The zero-order chi connectivity index (χ0) is 14.8. The summed E-state index contributed by atoms with van der Waals surface area (Å²) < 4.78 is 6.53. The zero-order valence-electron chi connectivity index (χ0n) is 11.7. The van der Waals surface area contributed by atoms with Gasteiger partial charge in [-0.05, 0) is 65.3 Å². The Hall–Kier alpha value is -1.62. The van der Waals surface area contributed by atoms with Gasteiger partial charge in [-0.3, -0.25) is 4.79 Å². The molecule has 0 unspecified atom stereocenters. The first-order chi connectivity index (χ1) is 10.2. The average molecular weight is 390 g/mol. The summed E-state index contributed by atoms with van der Waals surface area (Å²) in [5.41, 5.74) is 3.76. The van der Waals surface area contributed by atoms with Gasteiger partial charge in [0.15, 0.2) is 5.78 Å². The number of allylic oxidation sites excluding steroid dienone is 1. The molecule has 0 saturated carbocycles. The van der Waals surface area contributed by atoms with Crippen LogP contribution in [0.4, 0.5) is 0 Å². The maximum atomic E-state index is 12.6. The number of ether oxygens (including phenoxy) is 1. The molecule has 106 valence electrons. The van der Waals surface area contributed by atoms with E-state index in [1.54, 1.807) is 7.11 Å². The molecule has 0 N–H and O–H groups in total. The smallest absolute Gasteiger partial charge is 0.189 e. The lowest BCUT2D eigenvalue weighted by atomic mass is 9.85. The van der Waals surface area contributed by atoms with Gasteiger partial charge in [-0.15, -0.1) is 0 Å². The summed E-state index contributed by atoms with van der Waals surface area (Å²) in [4.78, 5) is 12.6. The second kappa shape index (κ2) is 6.02. The van der Waals surface area contributed by atoms with Crippen LogP contribution in [0.2, 0.25) is 0 Å². The summed E-state index contributed by atoms with van der Waals surface area (Å²) in [5, 5.41) is 0. The molecule has 0 spiro atoms. The fourth-order valence-corrected chi connectivity index (χ4v) is 3.28. The Balaban J connectivity index is 1.99. The molecule has 3 rings (SSSR count). The highest BCUT2D eigenvalue weighted by Crippen LogP contribution is 2.32. The van der Waals surface area contributed by atoms with Crippen molar-refractivity contribution in [3.8, 4) is 5.75 Å². The van der Waals surface area contributed by atoms with Gasteiger partial charge in [0.1, 0.15) is 5.75 Å². The lowest BCUT2D eigenvalue weighted by molar-refractivity contribution is 0.102. The highest BCUT2D eigenvalue weighted by Gasteiger charge is 2.24. The Morgan fingerprint density at radius 3 is 2.71 bits per heavy atom. The summed E-state index contributed by atoms with van der Waals surface area (Å²) in [6.45, 7) is 0. The van der Waals surface area contributed by atoms with Gasteiger partial charge in [-0.1, -0.05) is 24.3 Å². The van der Waals surface area contributed by atoms with Crippen LogP contribution < -0.4 is 4.74 Å². The largest absolute Gasteiger partial charge is 0.496 e. The van der Waals surface area contributed by atoms with Crippen molar-refractivity contribution in [3.63, 3.8) is 0 Å². The number of halogens is 1. The molecule has 21 heavy (non-hydrogen) atoms. The van der Waals surface area contributed by atoms with E-state index < -0.39 is 0 Å². The van der Waals surface area contributed by atoms with Crippen LogP contribution in [-0.4, -0.2) is 12.9 Å². The highest BCUT2D eigenvalue weighted by atomic mass is 127. The minimum atomic E-state index is 0.119. The number of carbonyl (C=O) groups excluding carboxylic acids is 1. The SMILES string of the molecule is COc1cccc2c1CC/C(=C\c1cccc(I)c1)C2=O. The Morgan fingerprint density at radius 2 is 1.95 bits per heavy atom. The molecule has 0 bridgehead atoms. The Bertz CT molecular complexity index is 732. The van der Waals surface area contributed by atoms with E-state index in [1.165, 1.54) is 3.57 Å². The first-order valence-electron chi connectivity index (χ1n) is 6.86. The van der Waals surface area contributed by atoms with Gasteiger partial charge in [0.2, 0.25) is 0 Å². The zero-order valence-corrected chi connectivity index (χ0v) is 13.9. The Morgan fingerprint density at radius 1 is 1.14 bits per heavy atom. The normalized spacial score (nSPS) is 15.9. The predicted molar refractivity (Wildman–Crippen MR) is 92.8 cm³/mol. The molecule has 0 amide bonds. The van der Waals surface area contributed by atoms with Crippen LogP contribution >= 0.6 is 22.6 Å². The number of carbonyl (C=O) groups is 1. The molecule has 1 aliphatic carbocycles. The summed E-state index contributed by atoms with van der Waals surface area (Å²) in [6.07, 6.45) is 3.62. The molecule has 2 nitrogen and oxygen atoms in total. The minimum Gasteiger partial charge on any atom is -0.496 e. The van der Waals surface area contributed by atoms with Crippen molar-refractivity contribution in [3.05, 3.63) is 68.3 Å². The fourth-order valence-electron chi connectivity index (χ4n) is 2.71. The van der Waals surface area contributed by atoms with E-state index in [9.17, 15) is 4.79 Å². The van der Waals surface area contributed by atoms with Crippen molar-refractivity contribution in [2.24, 2.45) is 0 Å². The maximum absolute atomic E-state index is 12.6. The van der Waals surface area contributed by atoms with Gasteiger partial charge >= 0.3 is 0 Å². The second-order valence-corrected chi connectivity index (χ2v) is 6.29. The summed E-state index contributed by atoms with van der Waals surface area (Å²) >= 11 is 2.28. The number of rotatable bonds is 2. The molecule has 1 aliphatic rings. The van der Waals surface area contributed by atoms with Crippen LogP contribution in [0, 0.1) is 3.57 Å². The van der Waals surface area contributed by atoms with E-state index in [2.05, 4.69) is 28.7 Å². The van der Waals surface area contributed by atoms with Gasteiger partial charge in [0, 0.05) is 20.3 Å². The van der Waals surface area contributed by atoms with E-state index in [0.717, 1.165) is 40.9 Å². The molecule has 0 aliphatic heterocycles. The topological polar surface area (TPSA) is 26.3 Å². The van der Waals surface area contributed by atoms with Crippen LogP contribution in [0.25, 0.3) is 6.08 Å². The molecular formula is C18H15IO2. The number of ketones is 1. The van der Waals surface area contributed by atoms with Crippen LogP contribution in [0.5, 0.6) is 5.75 Å². The fraction of sp³-hybridized carbons (Fsp3) is 0.167. The third-order valence-corrected chi connectivity index (χ3v) is 4.39. The Kier molecular flexibility index (Phi) is 4.10. The maximum Gasteiger partial charge on any atom is 0.189 e. The molecular weight excluding hydrogens is 375 g/mol. The van der Waals surface area contributed by atoms with Crippen molar-refractivity contribution in [1.29, 1.82) is 0 Å². The molecule has 0 aromatic heterocycles. The molecule has 0 fully saturated rings. The molecule has 0 atom stereocenters. The van der Waals surface area contributed by atoms with Gasteiger partial charge < -0.3 is 4.74 Å². The van der Waals surface area contributed by atoms with E-state index >= 15 is 0 Å². The van der Waals surface area contributed by atoms with Gasteiger partial charge in [0.25, 0.3) is 0 Å². The van der Waals surface area contributed by atoms with E-state index in [4.69, 9.17) is 4.74 Å². The van der Waals surface area contributed by atoms with Crippen molar-refractivity contribution in [2.75, 3.05) is 7.11 Å². The molecule has 2 aromatic rings. The number of methoxy groups -OCH3 is 1. The van der Waals surface area contributed by atoms with Gasteiger partial charge in [-0.2, -0.15) is 0 Å². The molecule has 0 saturated heterocycles. The number of hydrogen-bond acceptors (Lipinski definition) is 2. The highest BCUT2D eigenvalue weighted by molar-refractivity contribution is 14.1. The second-order valence-electron chi connectivity index (χ2n) is 5.04. The molecule has 2 aromatic carbocycles. The quantitative estimate of drug-likeness (QED) is 0.557. The van der Waals surface area contributed by atoms with Crippen molar-refractivity contribution >= 4 is 34.5 Å². The number of hydrogen-bond donors (Lipinski definition) is 0. The molecule has 3 heteroatoms. The summed E-state index contributed by atoms with van der Waals surface area (Å²) in [7, 11) is 1.65. The minimum absolute atomic E-state index is 0.119. The van der Waals surface area contributed by atoms with Crippen molar-refractivity contribution in [1.82, 2.24) is 0 Å². The van der Waals surface area contributed by atoms with Gasteiger partial charge in [0.05, 0.1) is 7.11 Å². The van der Waals surface area contributed by atoms with E-state index in [1.807, 2.05) is 42.5 Å². The lowest BCUT2D eigenvalue weighted by Crippen LogP contribution is -2.15. The molecule has 0 heterocycles. The Labute approximate surface area is 138 Å². The first-order valence-corrected chi connectivity index (χ1v) is 7.93. The average Bonchev–Trinajstić information content (AvgIpc) is 2.50. The lowest BCUT2D eigenvalue weighted by Gasteiger charge is -2.19. The number of fused-ring (bicyclic) bond motifs is 1. The summed E-state index contributed by atoms with van der Waals surface area (Å²) in [6, 6.07) is 13.9. The van der Waals surface area contributed by atoms with E-state index in [-0.39, 0.29) is 5.78 Å². The predicted octanol–water partition coefficient (Wildman–Crippen LogP) is 4.51. The third-order valence-electron chi connectivity index (χ3n) is 3.72. The van der Waals surface area contributed by atoms with Crippen LogP contribution in [0.3, 0.4) is 0 Å². The van der Waals surface area contributed by atoms with Gasteiger partial charge in [-0.25, -0.2) is 0 Å². The first kappa shape index (κ1) is 14.3. The molecule has 0 radical (unpaired) electrons. The van der Waals surface area contributed by atoms with Crippen LogP contribution in [0.15, 0.2) is 48.0 Å². The number of benzene rings is 2. The number of Topliss-reactive ketones (excluding diaryl/α,β-unsaturated/α-hetero) is 1. The van der Waals surface area contributed by atoms with Crippen LogP contribution in [-0.2, 0) is 6.42 Å². The monoisotopic (exact) mass is 390 g/mol.